The van der Waals surface area contributed by atoms with Crippen molar-refractivity contribution in [3.05, 3.63) is 18.5 Å². The molecule has 1 unspecified atom stereocenters. The fourth-order valence-corrected chi connectivity index (χ4v) is 2.11. The quantitative estimate of drug-likeness (QED) is 0.651. The van der Waals surface area contributed by atoms with Crippen LogP contribution in [0.2, 0.25) is 0 Å². The third-order valence-electron chi connectivity index (χ3n) is 3.46. The molecule has 0 aliphatic carbocycles. The number of hydrogen-bond acceptors (Lipinski definition) is 3. The summed E-state index contributed by atoms with van der Waals surface area (Å²) in [4.78, 5) is 4.28. The van der Waals surface area contributed by atoms with Crippen LogP contribution in [0.4, 0.5) is 11.4 Å². The smallest absolute Gasteiger partial charge is 0.0547 e. The molecule has 0 fully saturated rings. The average molecular weight is 263 g/mol. The molecule has 2 N–H and O–H groups in total. The Hall–Kier alpha value is -1.25. The molecule has 1 heterocycles. The molecule has 108 valence electrons. The first-order valence-electron chi connectivity index (χ1n) is 7.72. The van der Waals surface area contributed by atoms with Crippen LogP contribution in [0.15, 0.2) is 18.5 Å². The Labute approximate surface area is 118 Å². The van der Waals surface area contributed by atoms with Gasteiger partial charge in [0.25, 0.3) is 0 Å². The van der Waals surface area contributed by atoms with Crippen molar-refractivity contribution in [1.29, 1.82) is 0 Å². The number of rotatable bonds is 10. The van der Waals surface area contributed by atoms with Crippen LogP contribution in [0.25, 0.3) is 0 Å². The van der Waals surface area contributed by atoms with Gasteiger partial charge in [-0.25, -0.2) is 0 Å². The molecule has 3 nitrogen and oxygen atoms in total. The second-order valence-electron chi connectivity index (χ2n) is 5.19. The lowest BCUT2D eigenvalue weighted by atomic mass is 9.99. The van der Waals surface area contributed by atoms with Gasteiger partial charge in [0.2, 0.25) is 0 Å². The zero-order valence-corrected chi connectivity index (χ0v) is 12.7. The van der Waals surface area contributed by atoms with E-state index >= 15 is 0 Å². The van der Waals surface area contributed by atoms with E-state index in [0.717, 1.165) is 36.8 Å². The fourth-order valence-electron chi connectivity index (χ4n) is 2.11. The summed E-state index contributed by atoms with van der Waals surface area (Å²) in [5.74, 6) is 0.771. The Bertz CT molecular complexity index is 339. The van der Waals surface area contributed by atoms with Crippen LogP contribution in [0.5, 0.6) is 0 Å². The van der Waals surface area contributed by atoms with Crippen LogP contribution in [-0.2, 0) is 0 Å². The van der Waals surface area contributed by atoms with Gasteiger partial charge in [-0.3, -0.25) is 4.98 Å². The topological polar surface area (TPSA) is 37.0 Å². The number of hydrogen-bond donors (Lipinski definition) is 2. The summed E-state index contributed by atoms with van der Waals surface area (Å²) in [7, 11) is 0. The first-order chi connectivity index (χ1) is 9.30. The van der Waals surface area contributed by atoms with Crippen molar-refractivity contribution in [1.82, 2.24) is 4.98 Å². The minimum Gasteiger partial charge on any atom is -0.384 e. The SMILES string of the molecule is CCCCC(CC)CNc1cncc(NCCC)c1. The van der Waals surface area contributed by atoms with E-state index in [1.54, 1.807) is 0 Å². The highest BCUT2D eigenvalue weighted by molar-refractivity contribution is 5.53. The van der Waals surface area contributed by atoms with Crippen LogP contribution in [-0.4, -0.2) is 18.1 Å². The van der Waals surface area contributed by atoms with Gasteiger partial charge in [0.05, 0.1) is 23.8 Å². The Morgan fingerprint density at radius 2 is 1.79 bits per heavy atom. The van der Waals surface area contributed by atoms with E-state index in [4.69, 9.17) is 0 Å². The Kier molecular flexibility index (Phi) is 8.03. The van der Waals surface area contributed by atoms with Crippen LogP contribution in [0.3, 0.4) is 0 Å². The van der Waals surface area contributed by atoms with Crippen LogP contribution < -0.4 is 10.6 Å². The summed E-state index contributed by atoms with van der Waals surface area (Å²) in [6, 6.07) is 2.15. The molecule has 1 atom stereocenters. The molecule has 0 aliphatic rings. The molecule has 0 spiro atoms. The average Bonchev–Trinajstić information content (AvgIpc) is 2.46. The predicted molar refractivity (Wildman–Crippen MR) is 84.8 cm³/mol. The van der Waals surface area contributed by atoms with Crippen molar-refractivity contribution in [2.75, 3.05) is 23.7 Å². The molecule has 1 aromatic heterocycles. The lowest BCUT2D eigenvalue weighted by Gasteiger charge is -2.16. The molecule has 0 amide bonds. The molecule has 0 saturated carbocycles. The van der Waals surface area contributed by atoms with Crippen LogP contribution in [0.1, 0.15) is 52.9 Å². The maximum Gasteiger partial charge on any atom is 0.0547 e. The molecular formula is C16H29N3. The second-order valence-corrected chi connectivity index (χ2v) is 5.19. The van der Waals surface area contributed by atoms with E-state index in [1.807, 2.05) is 12.4 Å². The summed E-state index contributed by atoms with van der Waals surface area (Å²) in [5.41, 5.74) is 2.23. The highest BCUT2D eigenvalue weighted by Gasteiger charge is 2.05. The first-order valence-corrected chi connectivity index (χ1v) is 7.72. The van der Waals surface area contributed by atoms with E-state index in [0.29, 0.717) is 0 Å². The summed E-state index contributed by atoms with van der Waals surface area (Å²) < 4.78 is 0. The molecular weight excluding hydrogens is 234 g/mol. The number of nitrogens with zero attached hydrogens (tertiary/aromatic N) is 1. The molecule has 19 heavy (non-hydrogen) atoms. The fraction of sp³-hybridized carbons (Fsp3) is 0.688. The van der Waals surface area contributed by atoms with E-state index in [2.05, 4.69) is 42.5 Å². The minimum absolute atomic E-state index is 0.771. The van der Waals surface area contributed by atoms with Crippen molar-refractivity contribution < 1.29 is 0 Å². The van der Waals surface area contributed by atoms with Gasteiger partial charge in [-0.1, -0.05) is 40.0 Å². The molecule has 3 heteroatoms. The van der Waals surface area contributed by atoms with Crippen LogP contribution >= 0.6 is 0 Å². The molecule has 0 saturated heterocycles. The molecule has 0 radical (unpaired) electrons. The largest absolute Gasteiger partial charge is 0.384 e. The Morgan fingerprint density at radius 1 is 1.05 bits per heavy atom. The molecule has 0 aliphatic heterocycles. The normalized spacial score (nSPS) is 12.2. The van der Waals surface area contributed by atoms with Gasteiger partial charge < -0.3 is 10.6 Å². The van der Waals surface area contributed by atoms with Crippen molar-refractivity contribution in [3.63, 3.8) is 0 Å². The molecule has 1 aromatic rings. The van der Waals surface area contributed by atoms with Gasteiger partial charge in [0.15, 0.2) is 0 Å². The van der Waals surface area contributed by atoms with Gasteiger partial charge >= 0.3 is 0 Å². The monoisotopic (exact) mass is 263 g/mol. The zero-order chi connectivity index (χ0) is 13.9. The van der Waals surface area contributed by atoms with E-state index in [9.17, 15) is 0 Å². The molecule has 0 bridgehead atoms. The lowest BCUT2D eigenvalue weighted by molar-refractivity contribution is 0.473. The third-order valence-corrected chi connectivity index (χ3v) is 3.46. The molecule has 1 rings (SSSR count). The van der Waals surface area contributed by atoms with Gasteiger partial charge in [0, 0.05) is 13.1 Å². The number of aromatic nitrogens is 1. The number of nitrogens with one attached hydrogen (secondary N) is 2. The van der Waals surface area contributed by atoms with Gasteiger partial charge in [0.1, 0.15) is 0 Å². The summed E-state index contributed by atoms with van der Waals surface area (Å²) in [6.07, 6.45) is 10.1. The second kappa shape index (κ2) is 9.65. The van der Waals surface area contributed by atoms with Crippen molar-refractivity contribution >= 4 is 11.4 Å². The maximum atomic E-state index is 4.28. The summed E-state index contributed by atoms with van der Waals surface area (Å²) in [5, 5.41) is 6.89. The Morgan fingerprint density at radius 3 is 2.42 bits per heavy atom. The lowest BCUT2D eigenvalue weighted by Crippen LogP contribution is -2.14. The van der Waals surface area contributed by atoms with E-state index in [-0.39, 0.29) is 0 Å². The number of anilines is 2. The third kappa shape index (κ3) is 6.46. The van der Waals surface area contributed by atoms with Gasteiger partial charge in [-0.15, -0.1) is 0 Å². The number of unbranched alkanes of at least 4 members (excludes halogenated alkanes) is 1. The van der Waals surface area contributed by atoms with Crippen molar-refractivity contribution in [2.24, 2.45) is 5.92 Å². The van der Waals surface area contributed by atoms with Gasteiger partial charge in [-0.2, -0.15) is 0 Å². The maximum absolute atomic E-state index is 4.28. The zero-order valence-electron chi connectivity index (χ0n) is 12.7. The van der Waals surface area contributed by atoms with Crippen molar-refractivity contribution in [2.45, 2.75) is 52.9 Å². The van der Waals surface area contributed by atoms with Crippen molar-refractivity contribution in [3.8, 4) is 0 Å². The predicted octanol–water partition coefficient (Wildman–Crippen LogP) is 4.53. The summed E-state index contributed by atoms with van der Waals surface area (Å²) in [6.45, 7) is 8.75. The summed E-state index contributed by atoms with van der Waals surface area (Å²) >= 11 is 0. The Balaban J connectivity index is 2.42. The number of pyridine rings is 1. The van der Waals surface area contributed by atoms with Gasteiger partial charge in [-0.05, 0) is 24.8 Å². The van der Waals surface area contributed by atoms with E-state index in [1.165, 1.54) is 25.7 Å². The highest BCUT2D eigenvalue weighted by Crippen LogP contribution is 2.16. The standard InChI is InChI=1S/C16H29N3/c1-4-7-8-14(6-3)11-19-16-10-15(12-17-13-16)18-9-5-2/h10,12-14,18-19H,4-9,11H2,1-3H3. The minimum atomic E-state index is 0.771. The molecule has 0 aromatic carbocycles. The first kappa shape index (κ1) is 15.8. The highest BCUT2D eigenvalue weighted by atomic mass is 14.9. The van der Waals surface area contributed by atoms with Crippen LogP contribution in [0, 0.1) is 5.92 Å². The van der Waals surface area contributed by atoms with E-state index < -0.39 is 0 Å².